The van der Waals surface area contributed by atoms with Gasteiger partial charge in [-0.15, -0.1) is 0 Å². The van der Waals surface area contributed by atoms with E-state index in [2.05, 4.69) is 10.6 Å². The van der Waals surface area contributed by atoms with Gasteiger partial charge in [0, 0.05) is 7.05 Å². The molecule has 0 fully saturated rings. The highest BCUT2D eigenvalue weighted by atomic mass is 16.2. The first-order valence-electron chi connectivity index (χ1n) is 6.00. The van der Waals surface area contributed by atoms with Crippen molar-refractivity contribution in [1.29, 1.82) is 0 Å². The lowest BCUT2D eigenvalue weighted by Crippen LogP contribution is -2.88. The van der Waals surface area contributed by atoms with E-state index in [0.29, 0.717) is 0 Å². The van der Waals surface area contributed by atoms with Crippen molar-refractivity contribution in [1.82, 2.24) is 10.6 Å². The van der Waals surface area contributed by atoms with Crippen LogP contribution in [0.5, 0.6) is 0 Å². The van der Waals surface area contributed by atoms with Crippen molar-refractivity contribution < 1.29 is 14.9 Å². The molecule has 0 aliphatic carbocycles. The summed E-state index contributed by atoms with van der Waals surface area (Å²) in [4.78, 5) is 22.6. The summed E-state index contributed by atoms with van der Waals surface area (Å²) in [5.41, 5.74) is 1.07. The van der Waals surface area contributed by atoms with Gasteiger partial charge in [0.25, 0.3) is 11.8 Å². The van der Waals surface area contributed by atoms with Gasteiger partial charge in [0.05, 0.1) is 6.04 Å². The van der Waals surface area contributed by atoms with Gasteiger partial charge in [-0.2, -0.15) is 0 Å². The normalized spacial score (nSPS) is 11.7. The fourth-order valence-corrected chi connectivity index (χ4v) is 1.56. The van der Waals surface area contributed by atoms with Crippen molar-refractivity contribution in [2.75, 3.05) is 20.1 Å². The van der Waals surface area contributed by atoms with E-state index in [4.69, 9.17) is 0 Å². The van der Waals surface area contributed by atoms with Crippen LogP contribution in [-0.4, -0.2) is 32.0 Å². The van der Waals surface area contributed by atoms with E-state index in [1.807, 2.05) is 37.3 Å². The molecule has 0 bridgehead atoms. The molecular weight excluding hydrogens is 230 g/mol. The van der Waals surface area contributed by atoms with Crippen LogP contribution in [0.15, 0.2) is 30.3 Å². The summed E-state index contributed by atoms with van der Waals surface area (Å²) in [7, 11) is 1.58. The fraction of sp³-hybridized carbons (Fsp3) is 0.385. The summed E-state index contributed by atoms with van der Waals surface area (Å²) in [5, 5.41) is 7.06. The molecule has 0 saturated carbocycles. The monoisotopic (exact) mass is 250 g/mol. The van der Waals surface area contributed by atoms with Crippen LogP contribution in [-0.2, 0) is 9.59 Å². The maximum Gasteiger partial charge on any atom is 0.275 e. The first kappa shape index (κ1) is 14.2. The van der Waals surface area contributed by atoms with E-state index >= 15 is 0 Å². The third-order valence-electron chi connectivity index (χ3n) is 2.62. The predicted octanol–water partition coefficient (Wildman–Crippen LogP) is -0.827. The molecule has 0 heterocycles. The van der Waals surface area contributed by atoms with Crippen LogP contribution in [0.2, 0.25) is 0 Å². The van der Waals surface area contributed by atoms with Gasteiger partial charge in [0.15, 0.2) is 13.1 Å². The topological polar surface area (TPSA) is 74.8 Å². The molecule has 4 N–H and O–H groups in total. The smallest absolute Gasteiger partial charge is 0.275 e. The van der Waals surface area contributed by atoms with E-state index in [9.17, 15) is 9.59 Å². The fourth-order valence-electron chi connectivity index (χ4n) is 1.56. The van der Waals surface area contributed by atoms with Crippen LogP contribution in [0, 0.1) is 0 Å². The van der Waals surface area contributed by atoms with E-state index in [1.165, 1.54) is 0 Å². The van der Waals surface area contributed by atoms with Crippen molar-refractivity contribution in [3.05, 3.63) is 35.9 Å². The average Bonchev–Trinajstić information content (AvgIpc) is 2.39. The number of nitrogens with two attached hydrogens (primary N) is 1. The van der Waals surface area contributed by atoms with E-state index in [-0.39, 0.29) is 30.9 Å². The van der Waals surface area contributed by atoms with Crippen molar-refractivity contribution in [2.24, 2.45) is 0 Å². The third-order valence-corrected chi connectivity index (χ3v) is 2.62. The zero-order valence-corrected chi connectivity index (χ0v) is 10.8. The van der Waals surface area contributed by atoms with Crippen molar-refractivity contribution in [2.45, 2.75) is 13.0 Å². The number of hydrogen-bond donors (Lipinski definition) is 3. The Balaban J connectivity index is 2.30. The molecule has 5 nitrogen and oxygen atoms in total. The SMILES string of the molecule is CNC(=O)C[NH2+]CC(=O)N[C@H](C)c1ccccc1. The lowest BCUT2D eigenvalue weighted by Gasteiger charge is -2.13. The Hall–Kier alpha value is -1.88. The number of carbonyl (C=O) groups is 2. The van der Waals surface area contributed by atoms with E-state index < -0.39 is 0 Å². The van der Waals surface area contributed by atoms with Crippen LogP contribution >= 0.6 is 0 Å². The van der Waals surface area contributed by atoms with Gasteiger partial charge in [0.1, 0.15) is 0 Å². The minimum Gasteiger partial charge on any atom is -0.354 e. The minimum absolute atomic E-state index is 0.0212. The molecule has 5 heteroatoms. The summed E-state index contributed by atoms with van der Waals surface area (Å²) in [6, 6.07) is 9.74. The molecule has 0 aliphatic rings. The summed E-state index contributed by atoms with van der Waals surface area (Å²) in [6.07, 6.45) is 0. The highest BCUT2D eigenvalue weighted by Crippen LogP contribution is 2.10. The number of nitrogens with one attached hydrogen (secondary N) is 2. The molecule has 1 rings (SSSR count). The van der Waals surface area contributed by atoms with Crippen LogP contribution in [0.3, 0.4) is 0 Å². The van der Waals surface area contributed by atoms with Gasteiger partial charge in [-0.3, -0.25) is 9.59 Å². The zero-order valence-electron chi connectivity index (χ0n) is 10.8. The van der Waals surface area contributed by atoms with Gasteiger partial charge < -0.3 is 16.0 Å². The quantitative estimate of drug-likeness (QED) is 0.616. The minimum atomic E-state index is -0.0843. The van der Waals surface area contributed by atoms with Crippen LogP contribution < -0.4 is 16.0 Å². The lowest BCUT2D eigenvalue weighted by atomic mass is 10.1. The van der Waals surface area contributed by atoms with Gasteiger partial charge in [-0.25, -0.2) is 0 Å². The highest BCUT2D eigenvalue weighted by Gasteiger charge is 2.10. The Morgan fingerprint density at radius 1 is 1.17 bits per heavy atom. The molecule has 0 unspecified atom stereocenters. The molecule has 0 spiro atoms. The summed E-state index contributed by atoms with van der Waals surface area (Å²) in [6.45, 7) is 2.46. The average molecular weight is 250 g/mol. The molecule has 1 atom stereocenters. The lowest BCUT2D eigenvalue weighted by molar-refractivity contribution is -0.633. The Kier molecular flexibility index (Phi) is 5.87. The second-order valence-corrected chi connectivity index (χ2v) is 4.07. The number of rotatable bonds is 6. The van der Waals surface area contributed by atoms with Gasteiger partial charge >= 0.3 is 0 Å². The standard InChI is InChI=1S/C13H19N3O2/c1-10(11-6-4-3-5-7-11)16-13(18)9-15-8-12(17)14-2/h3-7,10,15H,8-9H2,1-2H3,(H,14,17)(H,16,18)/p+1/t10-/m1/s1. The zero-order chi connectivity index (χ0) is 13.4. The molecule has 0 saturated heterocycles. The van der Waals surface area contributed by atoms with Crippen LogP contribution in [0.1, 0.15) is 18.5 Å². The Morgan fingerprint density at radius 3 is 2.39 bits per heavy atom. The van der Waals surface area contributed by atoms with Crippen LogP contribution in [0.25, 0.3) is 0 Å². The second kappa shape index (κ2) is 7.45. The third kappa shape index (κ3) is 4.97. The molecule has 18 heavy (non-hydrogen) atoms. The number of benzene rings is 1. The molecule has 0 radical (unpaired) electrons. The van der Waals surface area contributed by atoms with Crippen molar-refractivity contribution in [3.8, 4) is 0 Å². The molecular formula is C13H20N3O2+. The largest absolute Gasteiger partial charge is 0.354 e. The summed E-state index contributed by atoms with van der Waals surface area (Å²) < 4.78 is 0. The first-order valence-corrected chi connectivity index (χ1v) is 6.00. The van der Waals surface area contributed by atoms with Crippen molar-refractivity contribution >= 4 is 11.8 Å². The molecule has 0 aromatic heterocycles. The number of likely N-dealkylation sites (N-methyl/N-ethyl adjacent to an activating group) is 1. The number of hydrogen-bond acceptors (Lipinski definition) is 2. The maximum absolute atomic E-state index is 11.6. The Morgan fingerprint density at radius 2 is 1.78 bits per heavy atom. The molecule has 1 aromatic carbocycles. The molecule has 98 valence electrons. The van der Waals surface area contributed by atoms with Gasteiger partial charge in [-0.05, 0) is 12.5 Å². The van der Waals surface area contributed by atoms with E-state index in [0.717, 1.165) is 5.56 Å². The van der Waals surface area contributed by atoms with Gasteiger partial charge in [0.2, 0.25) is 0 Å². The molecule has 2 amide bonds. The number of amides is 2. The highest BCUT2D eigenvalue weighted by molar-refractivity contribution is 5.78. The Labute approximate surface area is 107 Å². The second-order valence-electron chi connectivity index (χ2n) is 4.07. The predicted molar refractivity (Wildman–Crippen MR) is 68.7 cm³/mol. The number of carbonyl (C=O) groups excluding carboxylic acids is 2. The van der Waals surface area contributed by atoms with Crippen LogP contribution in [0.4, 0.5) is 0 Å². The maximum atomic E-state index is 11.6. The molecule has 0 aliphatic heterocycles. The summed E-state index contributed by atoms with van der Waals surface area (Å²) >= 11 is 0. The first-order chi connectivity index (χ1) is 8.63. The van der Waals surface area contributed by atoms with Gasteiger partial charge in [-0.1, -0.05) is 30.3 Å². The molecule has 1 aromatic rings. The summed E-state index contributed by atoms with van der Waals surface area (Å²) in [5.74, 6) is -0.158. The van der Waals surface area contributed by atoms with Crippen molar-refractivity contribution in [3.63, 3.8) is 0 Å². The van der Waals surface area contributed by atoms with E-state index in [1.54, 1.807) is 12.4 Å². The Bertz CT molecular complexity index is 392. The number of quaternary nitrogens is 1.